The number of halogens is 4. The SMILES string of the molecule is CCC(CC)(C(C)I)C1CCC2(CC1)CCN(c1ccc(OC(F)(F)F)cc1)C(=O)N2Cc1ccc(C(=O)NCC2=NC=C=NN2)cc1. The Morgan fingerprint density at radius 1 is 1.10 bits per heavy atom. The number of amides is 3. The minimum Gasteiger partial charge on any atom is -0.406 e. The molecule has 1 atom stereocenters. The maximum Gasteiger partial charge on any atom is 0.573 e. The van der Waals surface area contributed by atoms with Crippen molar-refractivity contribution in [1.29, 1.82) is 0 Å². The van der Waals surface area contributed by atoms with Crippen molar-refractivity contribution in [2.45, 2.75) is 88.1 Å². The van der Waals surface area contributed by atoms with E-state index < -0.39 is 6.36 Å². The molecular formula is C35H42F3IN6O3. The number of alkyl halides is 4. The maximum atomic E-state index is 14.4. The number of nitrogens with one attached hydrogen (secondary N) is 2. The standard InChI is InChI=1S/C35H42F3IN6O3/c1-4-34(5-2,24(3)39)27-14-16-33(17-15-27)18-21-44(28-10-12-29(13-11-28)48-35(36,37)38)32(47)45(33)23-25-6-8-26(9-7-25)31(46)41-22-30-40-19-20-42-43-30/h6-13,19,24,27H,4-5,14-18,21-23H2,1-3H3,(H,40,43)(H,41,46). The summed E-state index contributed by atoms with van der Waals surface area (Å²) in [6.07, 6.45) is 3.44. The van der Waals surface area contributed by atoms with Crippen LogP contribution in [0.15, 0.2) is 64.8 Å². The average molecular weight is 779 g/mol. The van der Waals surface area contributed by atoms with Crippen molar-refractivity contribution in [3.63, 3.8) is 0 Å². The lowest BCUT2D eigenvalue weighted by Crippen LogP contribution is -2.63. The number of anilines is 1. The third kappa shape index (κ3) is 7.83. The summed E-state index contributed by atoms with van der Waals surface area (Å²) in [6, 6.07) is 12.5. The van der Waals surface area contributed by atoms with Crippen molar-refractivity contribution >= 4 is 51.9 Å². The van der Waals surface area contributed by atoms with Gasteiger partial charge >= 0.3 is 12.4 Å². The van der Waals surface area contributed by atoms with E-state index in [1.807, 2.05) is 17.0 Å². The molecule has 48 heavy (non-hydrogen) atoms. The highest BCUT2D eigenvalue weighted by atomic mass is 127. The first kappa shape index (κ1) is 35.7. The maximum absolute atomic E-state index is 14.4. The van der Waals surface area contributed by atoms with Gasteiger partial charge in [0.05, 0.1) is 12.7 Å². The van der Waals surface area contributed by atoms with E-state index in [4.69, 9.17) is 0 Å². The van der Waals surface area contributed by atoms with E-state index in [9.17, 15) is 22.8 Å². The summed E-state index contributed by atoms with van der Waals surface area (Å²) in [5, 5.41) is 6.59. The summed E-state index contributed by atoms with van der Waals surface area (Å²) in [5.41, 5.74) is 4.47. The molecule has 3 amide bonds. The Hall–Kier alpha value is -3.58. The van der Waals surface area contributed by atoms with Crippen LogP contribution in [-0.2, 0) is 6.54 Å². The number of hydrogen-bond donors (Lipinski definition) is 2. The number of ether oxygens (including phenoxy) is 1. The summed E-state index contributed by atoms with van der Waals surface area (Å²) < 4.78 is 42.9. The normalized spacial score (nSPS) is 21.9. The van der Waals surface area contributed by atoms with Gasteiger partial charge in [-0.25, -0.2) is 9.79 Å². The van der Waals surface area contributed by atoms with Crippen molar-refractivity contribution in [1.82, 2.24) is 15.6 Å². The fourth-order valence-electron chi connectivity index (χ4n) is 7.72. The quantitative estimate of drug-likeness (QED) is 0.180. The minimum atomic E-state index is -4.79. The van der Waals surface area contributed by atoms with Gasteiger partial charge < -0.3 is 15.0 Å². The Bertz CT molecular complexity index is 1540. The van der Waals surface area contributed by atoms with Gasteiger partial charge in [0.25, 0.3) is 5.91 Å². The van der Waals surface area contributed by atoms with Gasteiger partial charge in [-0.05, 0) is 98.2 Å². The van der Waals surface area contributed by atoms with Crippen molar-refractivity contribution in [3.05, 3.63) is 65.9 Å². The Kier molecular flexibility index (Phi) is 11.1. The van der Waals surface area contributed by atoms with E-state index in [0.29, 0.717) is 40.0 Å². The Balaban J connectivity index is 1.36. The molecule has 1 saturated heterocycles. The second-order valence-corrected chi connectivity index (χ2v) is 14.7. The molecule has 2 aliphatic heterocycles. The molecule has 2 aromatic rings. The van der Waals surface area contributed by atoms with Gasteiger partial charge in [0.15, 0.2) is 0 Å². The largest absolute Gasteiger partial charge is 0.573 e. The highest BCUT2D eigenvalue weighted by Crippen LogP contribution is 2.53. The fourth-order valence-corrected chi connectivity index (χ4v) is 9.11. The van der Waals surface area contributed by atoms with Crippen LogP contribution in [0, 0.1) is 11.3 Å². The molecule has 1 aliphatic carbocycles. The van der Waals surface area contributed by atoms with Gasteiger partial charge in [-0.3, -0.25) is 15.1 Å². The first-order chi connectivity index (χ1) is 22.9. The van der Waals surface area contributed by atoms with Crippen LogP contribution in [0.5, 0.6) is 5.75 Å². The third-order valence-corrected chi connectivity index (χ3v) is 11.8. The zero-order chi connectivity index (χ0) is 34.5. The number of hydrazone groups is 1. The summed E-state index contributed by atoms with van der Waals surface area (Å²) >= 11 is 2.58. The van der Waals surface area contributed by atoms with Crippen LogP contribution in [0.3, 0.4) is 0 Å². The monoisotopic (exact) mass is 778 g/mol. The number of nitrogens with zero attached hydrogens (tertiary/aromatic N) is 4. The van der Waals surface area contributed by atoms with E-state index >= 15 is 0 Å². The van der Waals surface area contributed by atoms with Crippen LogP contribution in [0.25, 0.3) is 0 Å². The second-order valence-electron chi connectivity index (χ2n) is 12.8. The van der Waals surface area contributed by atoms with Crippen LogP contribution >= 0.6 is 22.6 Å². The molecule has 0 bridgehead atoms. The average Bonchev–Trinajstić information content (AvgIpc) is 3.08. The zero-order valence-corrected chi connectivity index (χ0v) is 29.6. The lowest BCUT2D eigenvalue weighted by atomic mass is 9.60. The predicted molar refractivity (Wildman–Crippen MR) is 189 cm³/mol. The fraction of sp³-hybridized carbons (Fsp3) is 0.514. The first-order valence-electron chi connectivity index (χ1n) is 16.5. The Labute approximate surface area is 293 Å². The van der Waals surface area contributed by atoms with Gasteiger partial charge in [0.2, 0.25) is 0 Å². The number of aliphatic imine (C=N–C) groups is 1. The molecule has 1 unspecified atom stereocenters. The van der Waals surface area contributed by atoms with Crippen LogP contribution in [0.4, 0.5) is 23.7 Å². The molecule has 9 nitrogen and oxygen atoms in total. The summed E-state index contributed by atoms with van der Waals surface area (Å²) in [7, 11) is 0. The number of benzene rings is 2. The smallest absolute Gasteiger partial charge is 0.406 e. The number of carbonyl (C=O) groups excluding carboxylic acids is 2. The van der Waals surface area contributed by atoms with Crippen molar-refractivity contribution < 1.29 is 27.5 Å². The summed E-state index contributed by atoms with van der Waals surface area (Å²) in [5.74, 6) is 3.02. The van der Waals surface area contributed by atoms with E-state index in [0.717, 1.165) is 50.5 Å². The van der Waals surface area contributed by atoms with E-state index in [1.165, 1.54) is 30.5 Å². The number of carbonyl (C=O) groups is 2. The molecule has 1 spiro atoms. The Morgan fingerprint density at radius 3 is 2.33 bits per heavy atom. The molecule has 2 aromatic carbocycles. The number of rotatable bonds is 11. The molecule has 258 valence electrons. The van der Waals surface area contributed by atoms with Crippen molar-refractivity contribution in [2.24, 2.45) is 21.4 Å². The van der Waals surface area contributed by atoms with Crippen LogP contribution in [-0.4, -0.2) is 57.5 Å². The topological polar surface area (TPSA) is 98.6 Å². The van der Waals surface area contributed by atoms with Gasteiger partial charge in [-0.15, -0.1) is 18.3 Å². The zero-order valence-electron chi connectivity index (χ0n) is 27.4. The molecular weight excluding hydrogens is 736 g/mol. The van der Waals surface area contributed by atoms with Crippen LogP contribution < -0.4 is 20.4 Å². The second kappa shape index (κ2) is 14.9. The van der Waals surface area contributed by atoms with E-state index in [1.54, 1.807) is 17.0 Å². The molecule has 1 saturated carbocycles. The molecule has 3 aliphatic rings. The molecule has 0 radical (unpaired) electrons. The molecule has 5 rings (SSSR count). The van der Waals surface area contributed by atoms with Crippen molar-refractivity contribution in [3.8, 4) is 5.75 Å². The number of hydrogen-bond acceptors (Lipinski definition) is 6. The third-order valence-electron chi connectivity index (χ3n) is 10.6. The number of amidine groups is 1. The van der Waals surface area contributed by atoms with E-state index in [2.05, 4.69) is 74.8 Å². The first-order valence-corrected chi connectivity index (χ1v) is 17.7. The molecule has 2 heterocycles. The van der Waals surface area contributed by atoms with Crippen LogP contribution in [0.2, 0.25) is 0 Å². The van der Waals surface area contributed by atoms with Gasteiger partial charge in [0.1, 0.15) is 11.6 Å². The molecule has 13 heteroatoms. The summed E-state index contributed by atoms with van der Waals surface area (Å²) in [4.78, 5) is 34.9. The number of urea groups is 1. The van der Waals surface area contributed by atoms with Crippen molar-refractivity contribution in [2.75, 3.05) is 18.0 Å². The van der Waals surface area contributed by atoms with Gasteiger partial charge in [0, 0.05) is 39.7 Å². The van der Waals surface area contributed by atoms with Crippen LogP contribution in [0.1, 0.15) is 81.6 Å². The minimum absolute atomic E-state index is 0.178. The summed E-state index contributed by atoms with van der Waals surface area (Å²) in [6.45, 7) is 7.89. The Morgan fingerprint density at radius 2 is 1.77 bits per heavy atom. The lowest BCUT2D eigenvalue weighted by Gasteiger charge is -2.55. The molecule has 2 N–H and O–H groups in total. The van der Waals surface area contributed by atoms with E-state index in [-0.39, 0.29) is 35.2 Å². The predicted octanol–water partition coefficient (Wildman–Crippen LogP) is 7.81. The van der Waals surface area contributed by atoms with Gasteiger partial charge in [-0.2, -0.15) is 0 Å². The molecule has 0 aromatic heterocycles. The highest BCUT2D eigenvalue weighted by Gasteiger charge is 2.51. The highest BCUT2D eigenvalue weighted by molar-refractivity contribution is 14.1. The van der Waals surface area contributed by atoms with Gasteiger partial charge in [-0.1, -0.05) is 55.5 Å². The lowest BCUT2D eigenvalue weighted by molar-refractivity contribution is -0.274. The molecule has 2 fully saturated rings.